The molecule has 0 bridgehead atoms. The summed E-state index contributed by atoms with van der Waals surface area (Å²) in [5.41, 5.74) is -0.740. The number of fused-ring (bicyclic) bond motifs is 3. The minimum absolute atomic E-state index is 0.00229. The van der Waals surface area contributed by atoms with Crippen LogP contribution < -0.4 is 0 Å². The molecule has 27 heavy (non-hydrogen) atoms. The normalized spacial score (nSPS) is 26.8. The highest BCUT2D eigenvalue weighted by molar-refractivity contribution is 7.90. The standard InChI is InChI=1S/C19H16FNO5S/c1-3-26-18(23)19-14-9-11(2)7-8-15(14)27(24,25)21(19)17(19)16(22)12-5-4-6-13(20)10-12/h4-10,17H,3H2,1-2H3/t17-,19-,21?/m0/s1. The second-order valence-corrected chi connectivity index (χ2v) is 8.35. The van der Waals surface area contributed by atoms with Gasteiger partial charge < -0.3 is 4.74 Å². The van der Waals surface area contributed by atoms with Crippen molar-refractivity contribution in [2.24, 2.45) is 0 Å². The molecule has 0 N–H and O–H groups in total. The third-order valence-corrected chi connectivity index (χ3v) is 6.87. The number of carbonyl (C=O) groups excluding carboxylic acids is 2. The van der Waals surface area contributed by atoms with E-state index in [1.165, 1.54) is 24.3 Å². The first-order valence-electron chi connectivity index (χ1n) is 8.39. The summed E-state index contributed by atoms with van der Waals surface area (Å²) in [5.74, 6) is -2.06. The van der Waals surface area contributed by atoms with Gasteiger partial charge in [-0.05, 0) is 32.0 Å². The third-order valence-electron chi connectivity index (χ3n) is 4.94. The van der Waals surface area contributed by atoms with Crippen molar-refractivity contribution in [2.75, 3.05) is 6.61 Å². The van der Waals surface area contributed by atoms with E-state index < -0.39 is 39.2 Å². The lowest BCUT2D eigenvalue weighted by Gasteiger charge is -2.14. The topological polar surface area (TPSA) is 80.5 Å². The molecule has 140 valence electrons. The Hall–Kier alpha value is -2.58. The van der Waals surface area contributed by atoms with E-state index in [1.807, 2.05) is 0 Å². The van der Waals surface area contributed by atoms with E-state index in [9.17, 15) is 22.4 Å². The van der Waals surface area contributed by atoms with Crippen LogP contribution in [-0.4, -0.2) is 37.1 Å². The molecule has 2 heterocycles. The Morgan fingerprint density at radius 1 is 1.22 bits per heavy atom. The second kappa shape index (κ2) is 5.71. The molecular formula is C19H16FNO5S. The van der Waals surface area contributed by atoms with Crippen molar-refractivity contribution in [3.05, 3.63) is 65.0 Å². The van der Waals surface area contributed by atoms with E-state index in [-0.39, 0.29) is 22.6 Å². The fourth-order valence-corrected chi connectivity index (χ4v) is 5.86. The molecule has 0 spiro atoms. The van der Waals surface area contributed by atoms with Crippen molar-refractivity contribution in [3.8, 4) is 0 Å². The number of esters is 1. The van der Waals surface area contributed by atoms with Gasteiger partial charge >= 0.3 is 5.97 Å². The van der Waals surface area contributed by atoms with E-state index in [2.05, 4.69) is 0 Å². The van der Waals surface area contributed by atoms with Crippen molar-refractivity contribution in [1.29, 1.82) is 0 Å². The number of carbonyl (C=O) groups is 2. The molecular weight excluding hydrogens is 373 g/mol. The average Bonchev–Trinajstić information content (AvgIpc) is 3.28. The molecule has 2 aliphatic rings. The first-order valence-corrected chi connectivity index (χ1v) is 9.83. The number of hydrogen-bond acceptors (Lipinski definition) is 5. The van der Waals surface area contributed by atoms with Gasteiger partial charge in [-0.1, -0.05) is 29.8 Å². The maximum absolute atomic E-state index is 13.5. The summed E-state index contributed by atoms with van der Waals surface area (Å²) in [7, 11) is -4.04. The maximum Gasteiger partial charge on any atom is 0.334 e. The molecule has 0 saturated carbocycles. The fourth-order valence-electron chi connectivity index (χ4n) is 3.78. The van der Waals surface area contributed by atoms with Crippen molar-refractivity contribution in [2.45, 2.75) is 30.3 Å². The molecule has 2 aliphatic heterocycles. The second-order valence-electron chi connectivity index (χ2n) is 6.56. The zero-order valence-electron chi connectivity index (χ0n) is 14.6. The molecule has 6 nitrogen and oxygen atoms in total. The van der Waals surface area contributed by atoms with Crippen LogP contribution in [0.15, 0.2) is 47.4 Å². The monoisotopic (exact) mass is 389 g/mol. The smallest absolute Gasteiger partial charge is 0.334 e. The van der Waals surface area contributed by atoms with Crippen LogP contribution in [0.4, 0.5) is 4.39 Å². The Kier molecular flexibility index (Phi) is 3.77. The fraction of sp³-hybridized carbons (Fsp3) is 0.263. The van der Waals surface area contributed by atoms with Gasteiger partial charge in [0.15, 0.2) is 11.3 Å². The number of hydrogen-bond donors (Lipinski definition) is 0. The first kappa shape index (κ1) is 17.8. The van der Waals surface area contributed by atoms with E-state index >= 15 is 0 Å². The predicted octanol–water partition coefficient (Wildman–Crippen LogP) is 2.16. The molecule has 0 amide bonds. The number of benzene rings is 2. The van der Waals surface area contributed by atoms with Gasteiger partial charge in [-0.3, -0.25) is 4.79 Å². The molecule has 1 fully saturated rings. The van der Waals surface area contributed by atoms with Crippen molar-refractivity contribution in [1.82, 2.24) is 4.31 Å². The van der Waals surface area contributed by atoms with E-state index in [1.54, 1.807) is 26.0 Å². The van der Waals surface area contributed by atoms with Crippen LogP contribution in [-0.2, 0) is 25.1 Å². The van der Waals surface area contributed by atoms with Gasteiger partial charge in [-0.2, -0.15) is 4.31 Å². The Bertz CT molecular complexity index is 1100. The molecule has 3 atom stereocenters. The highest BCUT2D eigenvalue weighted by Gasteiger charge is 2.82. The van der Waals surface area contributed by atoms with Crippen molar-refractivity contribution < 1.29 is 27.1 Å². The summed E-state index contributed by atoms with van der Waals surface area (Å²) in [6.07, 6.45) is 0. The summed E-state index contributed by atoms with van der Waals surface area (Å²) >= 11 is 0. The van der Waals surface area contributed by atoms with Gasteiger partial charge in [-0.15, -0.1) is 0 Å². The SMILES string of the molecule is CCOC(=O)[C@@]12c3cc(C)ccc3S(=O)(=O)N1[C@H]2C(=O)c1cccc(F)c1. The number of nitrogens with zero attached hydrogens (tertiary/aromatic N) is 1. The number of sulfonamides is 1. The molecule has 0 aliphatic carbocycles. The Balaban J connectivity index is 1.91. The molecule has 0 aromatic heterocycles. The van der Waals surface area contributed by atoms with Crippen molar-refractivity contribution in [3.63, 3.8) is 0 Å². The minimum Gasteiger partial charge on any atom is -0.464 e. The Morgan fingerprint density at radius 3 is 2.63 bits per heavy atom. The number of ketones is 1. The minimum atomic E-state index is -4.04. The molecule has 1 saturated heterocycles. The molecule has 8 heteroatoms. The highest BCUT2D eigenvalue weighted by atomic mass is 32.2. The van der Waals surface area contributed by atoms with E-state index in [0.717, 1.165) is 15.9 Å². The van der Waals surface area contributed by atoms with Gasteiger partial charge in [0, 0.05) is 11.1 Å². The van der Waals surface area contributed by atoms with Gasteiger partial charge in [0.2, 0.25) is 10.0 Å². The lowest BCUT2D eigenvalue weighted by molar-refractivity contribution is -0.147. The molecule has 4 rings (SSSR count). The summed E-state index contributed by atoms with van der Waals surface area (Å²) in [6.45, 7) is 3.40. The van der Waals surface area contributed by atoms with Gasteiger partial charge in [0.1, 0.15) is 11.9 Å². The van der Waals surface area contributed by atoms with Crippen LogP contribution in [0.5, 0.6) is 0 Å². The highest BCUT2D eigenvalue weighted by Crippen LogP contribution is 2.62. The number of ether oxygens (including phenoxy) is 1. The predicted molar refractivity (Wildman–Crippen MR) is 93.0 cm³/mol. The number of Topliss-reactive ketones (excluding diaryl/α,β-unsaturated/α-hetero) is 1. The Morgan fingerprint density at radius 2 is 1.96 bits per heavy atom. The largest absolute Gasteiger partial charge is 0.464 e. The molecule has 1 unspecified atom stereocenters. The van der Waals surface area contributed by atoms with E-state index in [4.69, 9.17) is 4.74 Å². The van der Waals surface area contributed by atoms with Gasteiger partial charge in [0.05, 0.1) is 11.5 Å². The van der Waals surface area contributed by atoms with Crippen LogP contribution in [0.2, 0.25) is 0 Å². The van der Waals surface area contributed by atoms with Gasteiger partial charge in [0.25, 0.3) is 0 Å². The lowest BCUT2D eigenvalue weighted by atomic mass is 9.90. The van der Waals surface area contributed by atoms with Crippen LogP contribution >= 0.6 is 0 Å². The van der Waals surface area contributed by atoms with Gasteiger partial charge in [-0.25, -0.2) is 17.6 Å². The Labute approximate surface area is 155 Å². The quantitative estimate of drug-likeness (QED) is 0.455. The van der Waals surface area contributed by atoms with E-state index in [0.29, 0.717) is 0 Å². The number of aryl methyl sites for hydroxylation is 1. The number of halogens is 1. The summed E-state index contributed by atoms with van der Waals surface area (Å²) in [6, 6.07) is 8.33. The van der Waals surface area contributed by atoms with Crippen LogP contribution in [0.3, 0.4) is 0 Å². The molecule has 2 aromatic carbocycles. The summed E-state index contributed by atoms with van der Waals surface area (Å²) in [4.78, 5) is 25.8. The first-order chi connectivity index (χ1) is 12.8. The molecule has 2 aromatic rings. The summed E-state index contributed by atoms with van der Waals surface area (Å²) < 4.78 is 45.5. The van der Waals surface area contributed by atoms with Crippen LogP contribution in [0.25, 0.3) is 0 Å². The van der Waals surface area contributed by atoms with Crippen LogP contribution in [0.1, 0.15) is 28.4 Å². The lowest BCUT2D eigenvalue weighted by Crippen LogP contribution is -2.30. The maximum atomic E-state index is 13.5. The van der Waals surface area contributed by atoms with Crippen molar-refractivity contribution >= 4 is 21.8 Å². The number of rotatable bonds is 4. The van der Waals surface area contributed by atoms with Crippen LogP contribution in [0, 0.1) is 12.7 Å². The summed E-state index contributed by atoms with van der Waals surface area (Å²) in [5, 5.41) is 0. The average molecular weight is 389 g/mol. The molecule has 0 radical (unpaired) electrons. The zero-order valence-corrected chi connectivity index (χ0v) is 15.4. The third kappa shape index (κ3) is 2.23. The zero-order chi connectivity index (χ0) is 19.6.